The number of esters is 1. The number of ether oxygens (including phenoxy) is 2. The molecule has 1 N–H and O–H groups in total. The van der Waals surface area contributed by atoms with Gasteiger partial charge in [-0.25, -0.2) is 4.79 Å². The molecule has 1 fully saturated rings. The maximum absolute atomic E-state index is 12.3. The summed E-state index contributed by atoms with van der Waals surface area (Å²) < 4.78 is 10.8. The molecule has 0 amide bonds. The number of methoxy groups -OCH3 is 1. The summed E-state index contributed by atoms with van der Waals surface area (Å²) in [5, 5.41) is 10.6. The fourth-order valence-electron chi connectivity index (χ4n) is 3.13. The van der Waals surface area contributed by atoms with Gasteiger partial charge in [-0.15, -0.1) is 11.8 Å². The van der Waals surface area contributed by atoms with Crippen molar-refractivity contribution in [3.05, 3.63) is 29.5 Å². The van der Waals surface area contributed by atoms with E-state index in [1.54, 1.807) is 13.2 Å². The maximum Gasteiger partial charge on any atom is 0.343 e. The molecule has 3 rings (SSSR count). The first-order valence-corrected chi connectivity index (χ1v) is 8.23. The van der Waals surface area contributed by atoms with Crippen molar-refractivity contribution in [2.45, 2.75) is 36.2 Å². The standard InChI is InChI=1S/C16H18O4S/c1-19-10-5-6-11(12(9-10)21-2)13-14(17)16(20-15(13)18)7-3-4-8-16/h5-6,9,17H,3-4,7-8H2,1-2H3. The van der Waals surface area contributed by atoms with Crippen LogP contribution in [-0.2, 0) is 9.53 Å². The molecule has 21 heavy (non-hydrogen) atoms. The van der Waals surface area contributed by atoms with Crippen molar-refractivity contribution in [3.63, 3.8) is 0 Å². The van der Waals surface area contributed by atoms with Gasteiger partial charge in [0.05, 0.1) is 7.11 Å². The summed E-state index contributed by atoms with van der Waals surface area (Å²) in [5.41, 5.74) is 0.251. The summed E-state index contributed by atoms with van der Waals surface area (Å²) in [5.74, 6) is 0.408. The van der Waals surface area contributed by atoms with Crippen LogP contribution in [0.4, 0.5) is 0 Å². The number of aliphatic hydroxyl groups is 1. The van der Waals surface area contributed by atoms with Crippen LogP contribution >= 0.6 is 11.8 Å². The second-order valence-corrected chi connectivity index (χ2v) is 6.23. The monoisotopic (exact) mass is 306 g/mol. The van der Waals surface area contributed by atoms with Crippen LogP contribution in [0.2, 0.25) is 0 Å². The molecule has 1 aliphatic heterocycles. The molecule has 4 nitrogen and oxygen atoms in total. The van der Waals surface area contributed by atoms with Crippen LogP contribution in [0.15, 0.2) is 28.9 Å². The lowest BCUT2D eigenvalue weighted by atomic mass is 9.95. The first-order chi connectivity index (χ1) is 10.1. The number of thioether (sulfide) groups is 1. The van der Waals surface area contributed by atoms with Gasteiger partial charge in [0.25, 0.3) is 0 Å². The molecule has 0 bridgehead atoms. The third-order valence-electron chi connectivity index (χ3n) is 4.25. The van der Waals surface area contributed by atoms with Gasteiger partial charge in [-0.05, 0) is 50.1 Å². The minimum Gasteiger partial charge on any atom is -0.507 e. The van der Waals surface area contributed by atoms with E-state index in [-0.39, 0.29) is 5.76 Å². The molecular formula is C16H18O4S. The molecule has 2 aliphatic rings. The van der Waals surface area contributed by atoms with E-state index in [9.17, 15) is 9.90 Å². The van der Waals surface area contributed by atoms with Gasteiger partial charge in [0.15, 0.2) is 11.4 Å². The Morgan fingerprint density at radius 3 is 2.67 bits per heavy atom. The van der Waals surface area contributed by atoms with Crippen molar-refractivity contribution in [3.8, 4) is 5.75 Å². The Hall–Kier alpha value is -1.62. The number of carbonyl (C=O) groups excluding carboxylic acids is 1. The third kappa shape index (κ3) is 2.20. The normalized spacial score (nSPS) is 20.2. The van der Waals surface area contributed by atoms with Crippen LogP contribution in [-0.4, -0.2) is 30.0 Å². The van der Waals surface area contributed by atoms with E-state index in [0.717, 1.165) is 29.1 Å². The largest absolute Gasteiger partial charge is 0.507 e. The van der Waals surface area contributed by atoms with Crippen molar-refractivity contribution >= 4 is 23.3 Å². The summed E-state index contributed by atoms with van der Waals surface area (Å²) in [6.07, 6.45) is 5.30. The molecular weight excluding hydrogens is 288 g/mol. The molecule has 0 atom stereocenters. The highest BCUT2D eigenvalue weighted by Gasteiger charge is 2.50. The second-order valence-electron chi connectivity index (χ2n) is 5.38. The van der Waals surface area contributed by atoms with Crippen LogP contribution in [0.5, 0.6) is 5.75 Å². The fourth-order valence-corrected chi connectivity index (χ4v) is 3.75. The van der Waals surface area contributed by atoms with Crippen molar-refractivity contribution in [2.75, 3.05) is 13.4 Å². The Labute approximate surface area is 128 Å². The third-order valence-corrected chi connectivity index (χ3v) is 5.03. The first-order valence-electron chi connectivity index (χ1n) is 7.01. The molecule has 1 spiro atoms. The van der Waals surface area contributed by atoms with Crippen LogP contribution in [0.25, 0.3) is 5.57 Å². The first kappa shape index (κ1) is 14.3. The van der Waals surface area contributed by atoms with Crippen LogP contribution in [0.3, 0.4) is 0 Å². The van der Waals surface area contributed by atoms with E-state index in [1.807, 2.05) is 18.4 Å². The number of aliphatic hydroxyl groups excluding tert-OH is 1. The van der Waals surface area contributed by atoms with Crippen molar-refractivity contribution in [1.82, 2.24) is 0 Å². The predicted molar refractivity (Wildman–Crippen MR) is 81.6 cm³/mol. The van der Waals surface area contributed by atoms with E-state index < -0.39 is 11.6 Å². The van der Waals surface area contributed by atoms with Crippen molar-refractivity contribution in [1.29, 1.82) is 0 Å². The highest BCUT2D eigenvalue weighted by Crippen LogP contribution is 2.47. The smallest absolute Gasteiger partial charge is 0.343 e. The van der Waals surface area contributed by atoms with Crippen molar-refractivity contribution in [2.24, 2.45) is 0 Å². The second kappa shape index (κ2) is 5.30. The van der Waals surface area contributed by atoms with Gasteiger partial charge in [0.1, 0.15) is 11.3 Å². The van der Waals surface area contributed by atoms with E-state index in [2.05, 4.69) is 0 Å². The van der Waals surface area contributed by atoms with Crippen LogP contribution < -0.4 is 4.74 Å². The average molecular weight is 306 g/mol. The number of carbonyl (C=O) groups is 1. The van der Waals surface area contributed by atoms with Gasteiger partial charge in [0, 0.05) is 10.5 Å². The lowest BCUT2D eigenvalue weighted by molar-refractivity contribution is -0.146. The predicted octanol–water partition coefficient (Wildman–Crippen LogP) is 3.56. The molecule has 1 aromatic carbocycles. The Bertz CT molecular complexity index is 615. The highest BCUT2D eigenvalue weighted by molar-refractivity contribution is 7.98. The quantitative estimate of drug-likeness (QED) is 0.683. The van der Waals surface area contributed by atoms with E-state index in [1.165, 1.54) is 11.8 Å². The van der Waals surface area contributed by atoms with Gasteiger partial charge in [-0.1, -0.05) is 0 Å². The zero-order chi connectivity index (χ0) is 15.0. The highest BCUT2D eigenvalue weighted by atomic mass is 32.2. The number of rotatable bonds is 3. The summed E-state index contributed by atoms with van der Waals surface area (Å²) in [6.45, 7) is 0. The zero-order valence-corrected chi connectivity index (χ0v) is 13.0. The Kier molecular flexibility index (Phi) is 3.61. The SMILES string of the molecule is COc1ccc(C2=C(O)C3(CCCC3)OC2=O)c(SC)c1. The molecule has 5 heteroatoms. The Balaban J connectivity index is 2.10. The fraction of sp³-hybridized carbons (Fsp3) is 0.438. The van der Waals surface area contributed by atoms with Gasteiger partial charge < -0.3 is 14.6 Å². The Morgan fingerprint density at radius 1 is 1.33 bits per heavy atom. The Morgan fingerprint density at radius 2 is 2.05 bits per heavy atom. The van der Waals surface area contributed by atoms with E-state index >= 15 is 0 Å². The molecule has 0 aromatic heterocycles. The summed E-state index contributed by atoms with van der Waals surface area (Å²) in [7, 11) is 1.60. The lowest BCUT2D eigenvalue weighted by Gasteiger charge is -2.21. The van der Waals surface area contributed by atoms with Gasteiger partial charge in [0.2, 0.25) is 0 Å². The summed E-state index contributed by atoms with van der Waals surface area (Å²) in [6, 6.07) is 5.47. The molecule has 1 heterocycles. The number of hydrogen-bond acceptors (Lipinski definition) is 5. The number of hydrogen-bond donors (Lipinski definition) is 1. The maximum atomic E-state index is 12.3. The van der Waals surface area contributed by atoms with Gasteiger partial charge in [-0.3, -0.25) is 0 Å². The molecule has 1 aromatic rings. The van der Waals surface area contributed by atoms with Crippen LogP contribution in [0.1, 0.15) is 31.2 Å². The van der Waals surface area contributed by atoms with E-state index in [4.69, 9.17) is 9.47 Å². The van der Waals surface area contributed by atoms with Crippen molar-refractivity contribution < 1.29 is 19.4 Å². The zero-order valence-electron chi connectivity index (χ0n) is 12.1. The topological polar surface area (TPSA) is 55.8 Å². The molecule has 0 radical (unpaired) electrons. The summed E-state index contributed by atoms with van der Waals surface area (Å²) in [4.78, 5) is 13.2. The lowest BCUT2D eigenvalue weighted by Crippen LogP contribution is -2.27. The molecule has 1 saturated carbocycles. The van der Waals surface area contributed by atoms with Gasteiger partial charge in [-0.2, -0.15) is 0 Å². The molecule has 112 valence electrons. The van der Waals surface area contributed by atoms with Gasteiger partial charge >= 0.3 is 5.97 Å². The van der Waals surface area contributed by atoms with E-state index in [0.29, 0.717) is 18.4 Å². The average Bonchev–Trinajstić information content (AvgIpc) is 3.05. The minimum atomic E-state index is -0.776. The number of benzene rings is 1. The molecule has 0 saturated heterocycles. The molecule has 0 unspecified atom stereocenters. The van der Waals surface area contributed by atoms with Crippen LogP contribution in [0, 0.1) is 0 Å². The molecule has 1 aliphatic carbocycles. The summed E-state index contributed by atoms with van der Waals surface area (Å²) >= 11 is 1.51. The minimum absolute atomic E-state index is 0.102.